The molecule has 0 aliphatic rings. The number of hydrogen-bond donors (Lipinski definition) is 1. The van der Waals surface area contributed by atoms with Crippen molar-refractivity contribution in [1.82, 2.24) is 4.98 Å². The van der Waals surface area contributed by atoms with Gasteiger partial charge in [0.1, 0.15) is 11.6 Å². The van der Waals surface area contributed by atoms with Crippen LogP contribution in [0.15, 0.2) is 103 Å². The van der Waals surface area contributed by atoms with Crippen LogP contribution in [0.5, 0.6) is 5.75 Å². The Hall–Kier alpha value is -4.72. The largest absolute Gasteiger partial charge is 0.496 e. The molecule has 5 rings (SSSR count). The van der Waals surface area contributed by atoms with Gasteiger partial charge in [0.05, 0.1) is 24.1 Å². The number of ether oxygens (including phenoxy) is 1. The zero-order valence-electron chi connectivity index (χ0n) is 21.4. The molecule has 0 aliphatic heterocycles. The van der Waals surface area contributed by atoms with Gasteiger partial charge in [-0.3, -0.25) is 9.78 Å². The van der Waals surface area contributed by atoms with E-state index in [1.807, 2.05) is 42.5 Å². The minimum atomic E-state index is -4.47. The Morgan fingerprint density at radius 3 is 2.35 bits per heavy atom. The Bertz CT molecular complexity index is 1650. The normalized spacial score (nSPS) is 12.2. The highest BCUT2D eigenvalue weighted by Gasteiger charge is 2.30. The molecule has 1 unspecified atom stereocenters. The van der Waals surface area contributed by atoms with E-state index in [1.165, 1.54) is 24.3 Å². The second-order valence-corrected chi connectivity index (χ2v) is 9.27. The fraction of sp³-hybridized carbons (Fsp3) is 0.125. The third kappa shape index (κ3) is 5.81. The third-order valence-corrected chi connectivity index (χ3v) is 6.74. The molecule has 0 spiro atoms. The Kier molecular flexibility index (Phi) is 7.51. The number of amides is 1. The Balaban J connectivity index is 1.48. The van der Waals surface area contributed by atoms with Crippen molar-refractivity contribution in [3.05, 3.63) is 126 Å². The van der Waals surface area contributed by atoms with E-state index in [9.17, 15) is 22.4 Å². The molecule has 0 radical (unpaired) electrons. The summed E-state index contributed by atoms with van der Waals surface area (Å²) in [6.07, 6.45) is -2.52. The van der Waals surface area contributed by atoms with Crippen molar-refractivity contribution in [3.63, 3.8) is 0 Å². The summed E-state index contributed by atoms with van der Waals surface area (Å²) >= 11 is 0. The van der Waals surface area contributed by atoms with Gasteiger partial charge in [0.2, 0.25) is 5.91 Å². The molecular formula is C32H24F4N2O2. The van der Waals surface area contributed by atoms with Crippen LogP contribution in [0.3, 0.4) is 0 Å². The van der Waals surface area contributed by atoms with Crippen molar-refractivity contribution in [1.29, 1.82) is 0 Å². The minimum absolute atomic E-state index is 0.255. The number of para-hydroxylation sites is 1. The van der Waals surface area contributed by atoms with Gasteiger partial charge in [-0.05, 0) is 83.3 Å². The van der Waals surface area contributed by atoms with Crippen LogP contribution < -0.4 is 10.1 Å². The molecule has 1 N–H and O–H groups in total. The Morgan fingerprint density at radius 1 is 0.925 bits per heavy atom. The zero-order valence-corrected chi connectivity index (χ0v) is 21.4. The van der Waals surface area contributed by atoms with Crippen molar-refractivity contribution < 1.29 is 27.1 Å². The zero-order chi connectivity index (χ0) is 28.3. The van der Waals surface area contributed by atoms with E-state index >= 15 is 0 Å². The van der Waals surface area contributed by atoms with E-state index in [-0.39, 0.29) is 17.4 Å². The molecule has 1 amide bonds. The molecule has 0 fully saturated rings. The molecule has 0 saturated carbocycles. The average Bonchev–Trinajstić information content (AvgIpc) is 2.95. The van der Waals surface area contributed by atoms with E-state index in [4.69, 9.17) is 4.74 Å². The van der Waals surface area contributed by atoms with Gasteiger partial charge in [-0.15, -0.1) is 0 Å². The molecule has 0 aliphatic carbocycles. The number of methoxy groups -OCH3 is 1. The van der Waals surface area contributed by atoms with Crippen LogP contribution in [0.1, 0.15) is 22.6 Å². The molecule has 0 saturated heterocycles. The van der Waals surface area contributed by atoms with Gasteiger partial charge in [0.15, 0.2) is 0 Å². The molecule has 4 nitrogen and oxygen atoms in total. The third-order valence-electron chi connectivity index (χ3n) is 6.74. The first-order chi connectivity index (χ1) is 19.2. The predicted octanol–water partition coefficient (Wildman–Crippen LogP) is 8.03. The maximum Gasteiger partial charge on any atom is 0.416 e. The number of carbonyl (C=O) groups excluding carboxylic acids is 1. The highest BCUT2D eigenvalue weighted by atomic mass is 19.4. The van der Waals surface area contributed by atoms with Crippen LogP contribution in [0.2, 0.25) is 0 Å². The number of aromatic nitrogens is 1. The predicted molar refractivity (Wildman–Crippen MR) is 147 cm³/mol. The molecular weight excluding hydrogens is 520 g/mol. The highest BCUT2D eigenvalue weighted by molar-refractivity contribution is 5.97. The lowest BCUT2D eigenvalue weighted by Gasteiger charge is -2.20. The molecule has 202 valence electrons. The van der Waals surface area contributed by atoms with E-state index in [2.05, 4.69) is 10.3 Å². The van der Waals surface area contributed by atoms with Crippen LogP contribution in [-0.4, -0.2) is 18.0 Å². The van der Waals surface area contributed by atoms with Gasteiger partial charge in [0.25, 0.3) is 0 Å². The summed E-state index contributed by atoms with van der Waals surface area (Å²) in [5, 5.41) is 3.42. The number of rotatable bonds is 7. The van der Waals surface area contributed by atoms with Crippen molar-refractivity contribution >= 4 is 22.5 Å². The second-order valence-electron chi connectivity index (χ2n) is 9.27. The first-order valence-corrected chi connectivity index (χ1v) is 12.5. The Labute approximate surface area is 228 Å². The lowest BCUT2D eigenvalue weighted by atomic mass is 9.89. The summed E-state index contributed by atoms with van der Waals surface area (Å²) in [7, 11) is 1.55. The van der Waals surface area contributed by atoms with Gasteiger partial charge in [-0.25, -0.2) is 4.39 Å². The molecule has 1 aromatic heterocycles. The van der Waals surface area contributed by atoms with Crippen LogP contribution >= 0.6 is 0 Å². The van der Waals surface area contributed by atoms with Crippen LogP contribution in [-0.2, 0) is 17.4 Å². The fourth-order valence-corrected chi connectivity index (χ4v) is 4.69. The molecule has 5 aromatic rings. The van der Waals surface area contributed by atoms with Crippen LogP contribution in [0.4, 0.5) is 23.2 Å². The lowest BCUT2D eigenvalue weighted by molar-refractivity contribution is -0.137. The molecule has 4 aromatic carbocycles. The topological polar surface area (TPSA) is 51.2 Å². The average molecular weight is 545 g/mol. The molecule has 1 atom stereocenters. The smallest absolute Gasteiger partial charge is 0.416 e. The maximum absolute atomic E-state index is 14.0. The van der Waals surface area contributed by atoms with Gasteiger partial charge < -0.3 is 10.1 Å². The van der Waals surface area contributed by atoms with Gasteiger partial charge in [-0.1, -0.05) is 42.5 Å². The van der Waals surface area contributed by atoms with E-state index in [0.717, 1.165) is 28.8 Å². The summed E-state index contributed by atoms with van der Waals surface area (Å²) in [5.74, 6) is -0.805. The molecule has 40 heavy (non-hydrogen) atoms. The van der Waals surface area contributed by atoms with Gasteiger partial charge in [0, 0.05) is 17.3 Å². The maximum atomic E-state index is 14.0. The van der Waals surface area contributed by atoms with Gasteiger partial charge >= 0.3 is 6.18 Å². The highest BCUT2D eigenvalue weighted by Crippen LogP contribution is 2.33. The number of hydrogen-bond acceptors (Lipinski definition) is 3. The number of halogens is 4. The first kappa shape index (κ1) is 26.9. The van der Waals surface area contributed by atoms with E-state index in [1.54, 1.807) is 31.5 Å². The van der Waals surface area contributed by atoms with Crippen molar-refractivity contribution in [2.24, 2.45) is 0 Å². The quantitative estimate of drug-likeness (QED) is 0.211. The SMILES string of the molecule is COc1ccccc1CC(C(=O)Nc1ccc(C(F)(F)F)cc1)c1ccc(-c2ccnc3ccc(F)cc23)cc1. The second kappa shape index (κ2) is 11.2. The summed E-state index contributed by atoms with van der Waals surface area (Å²) < 4.78 is 58.4. The number of fused-ring (bicyclic) bond motifs is 1. The van der Waals surface area contributed by atoms with Crippen LogP contribution in [0, 0.1) is 5.82 Å². The molecule has 1 heterocycles. The summed E-state index contributed by atoms with van der Waals surface area (Å²) in [6.45, 7) is 0. The minimum Gasteiger partial charge on any atom is -0.496 e. The van der Waals surface area contributed by atoms with Crippen molar-refractivity contribution in [2.75, 3.05) is 12.4 Å². The monoisotopic (exact) mass is 544 g/mol. The number of alkyl halides is 3. The van der Waals surface area contributed by atoms with Gasteiger partial charge in [-0.2, -0.15) is 13.2 Å². The number of benzene rings is 4. The van der Waals surface area contributed by atoms with Crippen LogP contribution in [0.25, 0.3) is 22.0 Å². The summed E-state index contributed by atoms with van der Waals surface area (Å²) in [5.41, 5.74) is 3.24. The van der Waals surface area contributed by atoms with Crippen molar-refractivity contribution in [3.8, 4) is 16.9 Å². The number of nitrogens with one attached hydrogen (secondary N) is 1. The number of anilines is 1. The first-order valence-electron chi connectivity index (χ1n) is 12.5. The van der Waals surface area contributed by atoms with E-state index in [0.29, 0.717) is 28.6 Å². The summed E-state index contributed by atoms with van der Waals surface area (Å²) in [6, 6.07) is 25.3. The summed E-state index contributed by atoms with van der Waals surface area (Å²) in [4.78, 5) is 17.8. The molecule has 8 heteroatoms. The lowest BCUT2D eigenvalue weighted by Crippen LogP contribution is -2.23. The van der Waals surface area contributed by atoms with E-state index < -0.39 is 17.7 Å². The fourth-order valence-electron chi connectivity index (χ4n) is 4.69. The number of nitrogens with zero attached hydrogens (tertiary/aromatic N) is 1. The molecule has 0 bridgehead atoms. The number of carbonyl (C=O) groups is 1. The number of pyridine rings is 1. The standard InChI is InChI=1S/C32H24F4N2O2/c1-40-30-5-3-2-4-22(30)18-27(31(39)38-25-13-10-23(11-14-25)32(34,35)36)21-8-6-20(7-9-21)26-16-17-37-29-15-12-24(33)19-28(26)29/h2-17,19,27H,18H2,1H3,(H,38,39). The Morgan fingerprint density at radius 2 is 1.65 bits per heavy atom. The van der Waals surface area contributed by atoms with Crippen molar-refractivity contribution in [2.45, 2.75) is 18.5 Å².